The molecule has 0 saturated carbocycles. The lowest BCUT2D eigenvalue weighted by Gasteiger charge is -2.15. The Morgan fingerprint density at radius 2 is 2.05 bits per heavy atom. The largest absolute Gasteiger partial charge is 0.347 e. The van der Waals surface area contributed by atoms with Crippen LogP contribution in [-0.4, -0.2) is 18.6 Å². The summed E-state index contributed by atoms with van der Waals surface area (Å²) in [7, 11) is 2.09. The van der Waals surface area contributed by atoms with Crippen LogP contribution in [0.2, 0.25) is 0 Å². The molecule has 0 aliphatic carbocycles. The SMILES string of the molecule is CCCNCc1cnc(N(C)Cc2ccc(Br)cc2)s1. The zero-order valence-electron chi connectivity index (χ0n) is 11.9. The summed E-state index contributed by atoms with van der Waals surface area (Å²) in [6.45, 7) is 5.03. The molecule has 1 heterocycles. The van der Waals surface area contributed by atoms with Crippen molar-refractivity contribution in [2.75, 3.05) is 18.5 Å². The van der Waals surface area contributed by atoms with Crippen LogP contribution in [0.3, 0.4) is 0 Å². The first-order valence-electron chi connectivity index (χ1n) is 6.80. The molecule has 3 nitrogen and oxygen atoms in total. The summed E-state index contributed by atoms with van der Waals surface area (Å²) in [5.74, 6) is 0. The van der Waals surface area contributed by atoms with Gasteiger partial charge in [-0.25, -0.2) is 4.98 Å². The van der Waals surface area contributed by atoms with Gasteiger partial charge in [0, 0.05) is 35.7 Å². The minimum atomic E-state index is 0.878. The Kier molecular flexibility index (Phi) is 6.01. The molecule has 0 spiro atoms. The highest BCUT2D eigenvalue weighted by Gasteiger charge is 2.07. The van der Waals surface area contributed by atoms with Crippen molar-refractivity contribution in [1.29, 1.82) is 0 Å². The van der Waals surface area contributed by atoms with Crippen molar-refractivity contribution in [2.45, 2.75) is 26.4 Å². The molecule has 0 aliphatic heterocycles. The first-order valence-corrected chi connectivity index (χ1v) is 8.41. The predicted octanol–water partition coefficient (Wildman–Crippen LogP) is 4.04. The van der Waals surface area contributed by atoms with E-state index < -0.39 is 0 Å². The van der Waals surface area contributed by atoms with E-state index in [2.05, 4.69) is 69.4 Å². The monoisotopic (exact) mass is 353 g/mol. The average Bonchev–Trinajstić information content (AvgIpc) is 2.91. The van der Waals surface area contributed by atoms with Crippen LogP contribution >= 0.6 is 27.3 Å². The predicted molar refractivity (Wildman–Crippen MR) is 90.4 cm³/mol. The van der Waals surface area contributed by atoms with Crippen LogP contribution in [0.25, 0.3) is 0 Å². The van der Waals surface area contributed by atoms with Gasteiger partial charge in [-0.1, -0.05) is 35.0 Å². The second-order valence-corrected chi connectivity index (χ2v) is 6.78. The van der Waals surface area contributed by atoms with Crippen LogP contribution in [-0.2, 0) is 13.1 Å². The maximum absolute atomic E-state index is 4.50. The summed E-state index contributed by atoms with van der Waals surface area (Å²) in [4.78, 5) is 7.98. The first kappa shape index (κ1) is 15.5. The lowest BCUT2D eigenvalue weighted by molar-refractivity contribution is 0.681. The van der Waals surface area contributed by atoms with Crippen molar-refractivity contribution in [2.24, 2.45) is 0 Å². The fraction of sp³-hybridized carbons (Fsp3) is 0.400. The molecule has 2 rings (SSSR count). The molecule has 5 heteroatoms. The number of hydrogen-bond acceptors (Lipinski definition) is 4. The molecule has 0 atom stereocenters. The molecule has 0 unspecified atom stereocenters. The van der Waals surface area contributed by atoms with E-state index in [4.69, 9.17) is 0 Å². The number of nitrogens with zero attached hydrogens (tertiary/aromatic N) is 2. The van der Waals surface area contributed by atoms with Crippen LogP contribution in [0.4, 0.5) is 5.13 Å². The van der Waals surface area contributed by atoms with Gasteiger partial charge in [0.2, 0.25) is 0 Å². The molecule has 108 valence electrons. The lowest BCUT2D eigenvalue weighted by Crippen LogP contribution is -2.15. The number of hydrogen-bond donors (Lipinski definition) is 1. The van der Waals surface area contributed by atoms with Crippen LogP contribution in [0.1, 0.15) is 23.8 Å². The van der Waals surface area contributed by atoms with Crippen molar-refractivity contribution >= 4 is 32.4 Å². The molecule has 1 aromatic carbocycles. The van der Waals surface area contributed by atoms with Gasteiger partial charge in [-0.05, 0) is 30.7 Å². The molecule has 0 aliphatic rings. The lowest BCUT2D eigenvalue weighted by atomic mass is 10.2. The summed E-state index contributed by atoms with van der Waals surface area (Å²) in [5.41, 5.74) is 1.29. The minimum absolute atomic E-state index is 0.878. The van der Waals surface area contributed by atoms with Gasteiger partial charge in [-0.2, -0.15) is 0 Å². The number of benzene rings is 1. The highest BCUT2D eigenvalue weighted by Crippen LogP contribution is 2.23. The molecular formula is C15H20BrN3S. The van der Waals surface area contributed by atoms with Crippen molar-refractivity contribution in [3.63, 3.8) is 0 Å². The molecule has 0 radical (unpaired) electrons. The Labute approximate surface area is 133 Å². The number of halogens is 1. The second kappa shape index (κ2) is 7.76. The van der Waals surface area contributed by atoms with E-state index in [0.717, 1.165) is 35.7 Å². The van der Waals surface area contributed by atoms with E-state index in [1.807, 2.05) is 6.20 Å². The van der Waals surface area contributed by atoms with Crippen LogP contribution in [0.15, 0.2) is 34.9 Å². The van der Waals surface area contributed by atoms with Gasteiger partial charge in [-0.15, -0.1) is 11.3 Å². The van der Waals surface area contributed by atoms with Gasteiger partial charge in [0.1, 0.15) is 0 Å². The standard InChI is InChI=1S/C15H20BrN3S/c1-3-8-17-9-14-10-18-15(20-14)19(2)11-12-4-6-13(16)7-5-12/h4-7,10,17H,3,8-9,11H2,1-2H3. The van der Waals surface area contributed by atoms with Crippen LogP contribution in [0, 0.1) is 0 Å². The number of anilines is 1. The number of thiazole rings is 1. The average molecular weight is 354 g/mol. The van der Waals surface area contributed by atoms with Gasteiger partial charge in [0.25, 0.3) is 0 Å². The van der Waals surface area contributed by atoms with E-state index >= 15 is 0 Å². The topological polar surface area (TPSA) is 28.2 Å². The van der Waals surface area contributed by atoms with Gasteiger partial charge in [0.15, 0.2) is 5.13 Å². The molecule has 0 fully saturated rings. The van der Waals surface area contributed by atoms with E-state index in [0.29, 0.717) is 0 Å². The Balaban J connectivity index is 1.91. The van der Waals surface area contributed by atoms with Crippen molar-refractivity contribution in [3.8, 4) is 0 Å². The summed E-state index contributed by atoms with van der Waals surface area (Å²) in [5, 5.41) is 4.48. The molecule has 0 bridgehead atoms. The van der Waals surface area contributed by atoms with Crippen LogP contribution in [0.5, 0.6) is 0 Å². The van der Waals surface area contributed by atoms with E-state index in [1.165, 1.54) is 10.4 Å². The Bertz CT molecular complexity index is 524. The molecule has 0 saturated heterocycles. The fourth-order valence-corrected chi connectivity index (χ4v) is 2.98. The molecule has 2 aromatic rings. The minimum Gasteiger partial charge on any atom is -0.347 e. The summed E-state index contributed by atoms with van der Waals surface area (Å²) in [6.07, 6.45) is 3.13. The Morgan fingerprint density at radius 1 is 1.30 bits per heavy atom. The van der Waals surface area contributed by atoms with Crippen LogP contribution < -0.4 is 10.2 Å². The summed E-state index contributed by atoms with van der Waals surface area (Å²) >= 11 is 5.22. The molecule has 0 amide bonds. The first-order chi connectivity index (χ1) is 9.69. The normalized spacial score (nSPS) is 10.8. The molecule has 1 N–H and O–H groups in total. The summed E-state index contributed by atoms with van der Waals surface area (Å²) in [6, 6.07) is 8.42. The smallest absolute Gasteiger partial charge is 0.185 e. The summed E-state index contributed by atoms with van der Waals surface area (Å²) < 4.78 is 1.11. The highest BCUT2D eigenvalue weighted by molar-refractivity contribution is 9.10. The Hall–Kier alpha value is -0.910. The van der Waals surface area contributed by atoms with Gasteiger partial charge in [-0.3, -0.25) is 0 Å². The quantitative estimate of drug-likeness (QED) is 0.761. The number of rotatable bonds is 7. The van der Waals surface area contributed by atoms with E-state index in [-0.39, 0.29) is 0 Å². The maximum Gasteiger partial charge on any atom is 0.185 e. The number of nitrogens with one attached hydrogen (secondary N) is 1. The van der Waals surface area contributed by atoms with Crippen molar-refractivity contribution in [1.82, 2.24) is 10.3 Å². The van der Waals surface area contributed by atoms with Crippen molar-refractivity contribution < 1.29 is 0 Å². The third-order valence-electron chi connectivity index (χ3n) is 2.93. The molecular weight excluding hydrogens is 334 g/mol. The van der Waals surface area contributed by atoms with Gasteiger partial charge < -0.3 is 10.2 Å². The highest BCUT2D eigenvalue weighted by atomic mass is 79.9. The van der Waals surface area contributed by atoms with E-state index in [9.17, 15) is 0 Å². The van der Waals surface area contributed by atoms with E-state index in [1.54, 1.807) is 11.3 Å². The molecule has 1 aromatic heterocycles. The maximum atomic E-state index is 4.50. The third-order valence-corrected chi connectivity index (χ3v) is 4.57. The van der Waals surface area contributed by atoms with Crippen molar-refractivity contribution in [3.05, 3.63) is 45.4 Å². The zero-order valence-corrected chi connectivity index (χ0v) is 14.3. The second-order valence-electron chi connectivity index (χ2n) is 4.77. The zero-order chi connectivity index (χ0) is 14.4. The molecule has 20 heavy (non-hydrogen) atoms. The van der Waals surface area contributed by atoms with Gasteiger partial charge in [0.05, 0.1) is 0 Å². The third kappa shape index (κ3) is 4.58. The van der Waals surface area contributed by atoms with Gasteiger partial charge >= 0.3 is 0 Å². The fourth-order valence-electron chi connectivity index (χ4n) is 1.88. The number of aromatic nitrogens is 1. The Morgan fingerprint density at radius 3 is 2.75 bits per heavy atom.